The fourth-order valence-corrected chi connectivity index (χ4v) is 6.44. The van der Waals surface area contributed by atoms with Crippen LogP contribution in [-0.4, -0.2) is 74.9 Å². The number of likely N-dealkylation sites (N-methyl/N-ethyl adjacent to an activating group) is 1. The van der Waals surface area contributed by atoms with Crippen molar-refractivity contribution in [1.29, 1.82) is 0 Å². The molecule has 5 rings (SSSR count). The van der Waals surface area contributed by atoms with E-state index in [1.807, 2.05) is 39.1 Å². The van der Waals surface area contributed by atoms with Gasteiger partial charge in [-0.2, -0.15) is 0 Å². The van der Waals surface area contributed by atoms with Crippen LogP contribution in [0.2, 0.25) is 5.02 Å². The van der Waals surface area contributed by atoms with Crippen molar-refractivity contribution < 1.29 is 32.5 Å². The highest BCUT2D eigenvalue weighted by molar-refractivity contribution is 7.92. The molecule has 0 aromatic heterocycles. The quantitative estimate of drug-likeness (QED) is 0.363. The fourth-order valence-electron chi connectivity index (χ4n) is 5.26. The fraction of sp³-hybridized carbons (Fsp3) is 0.387. The van der Waals surface area contributed by atoms with E-state index in [2.05, 4.69) is 9.62 Å². The van der Waals surface area contributed by atoms with Crippen LogP contribution in [0.4, 0.5) is 5.69 Å². The lowest BCUT2D eigenvalue weighted by Gasteiger charge is -2.34. The number of carbonyl (C=O) groups excluding carboxylic acids is 1. The maximum Gasteiger partial charge on any atom is 0.261 e. The molecule has 0 saturated carbocycles. The van der Waals surface area contributed by atoms with Crippen molar-refractivity contribution in [3.05, 3.63) is 76.8 Å². The molecule has 230 valence electrons. The van der Waals surface area contributed by atoms with Gasteiger partial charge in [-0.05, 0) is 74.1 Å². The maximum absolute atomic E-state index is 13.5. The Bertz CT molecular complexity index is 1570. The molecule has 0 fully saturated rings. The lowest BCUT2D eigenvalue weighted by molar-refractivity contribution is -0.134. The number of rotatable bonds is 9. The van der Waals surface area contributed by atoms with Crippen LogP contribution >= 0.6 is 11.6 Å². The second kappa shape index (κ2) is 13.0. The van der Waals surface area contributed by atoms with Crippen molar-refractivity contribution in [2.24, 2.45) is 5.92 Å². The second-order valence-electron chi connectivity index (χ2n) is 11.2. The van der Waals surface area contributed by atoms with Crippen LogP contribution in [-0.2, 0) is 27.8 Å². The van der Waals surface area contributed by atoms with E-state index in [1.165, 1.54) is 24.3 Å². The number of amides is 1. The SMILES string of the molecule is C[C@H](CO)N1C[C@H](C)[C@@H](CN(C)Cc2ccc3c(c2)OCO3)Oc2ccc(NS(=O)(=O)c3ccc(Cl)cc3)cc2CC1=O. The van der Waals surface area contributed by atoms with Gasteiger partial charge in [-0.25, -0.2) is 8.42 Å². The first-order valence-electron chi connectivity index (χ1n) is 14.1. The Morgan fingerprint density at radius 1 is 1.07 bits per heavy atom. The molecule has 12 heteroatoms. The Morgan fingerprint density at radius 2 is 1.79 bits per heavy atom. The van der Waals surface area contributed by atoms with E-state index in [-0.39, 0.29) is 42.6 Å². The van der Waals surface area contributed by atoms with Gasteiger partial charge in [0.15, 0.2) is 11.5 Å². The number of aliphatic hydroxyl groups excluding tert-OH is 1. The minimum atomic E-state index is -3.89. The highest BCUT2D eigenvalue weighted by Gasteiger charge is 2.31. The number of nitrogens with zero attached hydrogens (tertiary/aromatic N) is 2. The summed E-state index contributed by atoms with van der Waals surface area (Å²) in [7, 11) is -1.89. The number of benzene rings is 3. The van der Waals surface area contributed by atoms with Gasteiger partial charge < -0.3 is 24.2 Å². The van der Waals surface area contributed by atoms with E-state index >= 15 is 0 Å². The zero-order chi connectivity index (χ0) is 30.7. The summed E-state index contributed by atoms with van der Waals surface area (Å²) in [5, 5.41) is 10.3. The minimum Gasteiger partial charge on any atom is -0.488 e. The Balaban J connectivity index is 1.40. The molecule has 0 spiro atoms. The molecule has 2 aliphatic rings. The number of fused-ring (bicyclic) bond motifs is 2. The zero-order valence-corrected chi connectivity index (χ0v) is 25.9. The summed E-state index contributed by atoms with van der Waals surface area (Å²) in [6.45, 7) is 5.46. The van der Waals surface area contributed by atoms with Gasteiger partial charge in [0.05, 0.1) is 24.0 Å². The molecule has 3 aromatic carbocycles. The number of anilines is 1. The van der Waals surface area contributed by atoms with Gasteiger partial charge in [0.1, 0.15) is 11.9 Å². The summed E-state index contributed by atoms with van der Waals surface area (Å²) in [4.78, 5) is 17.4. The lowest BCUT2D eigenvalue weighted by atomic mass is 10.0. The first-order chi connectivity index (χ1) is 20.5. The molecule has 0 bridgehead atoms. The molecular formula is C31H36ClN3O7S. The van der Waals surface area contributed by atoms with Gasteiger partial charge in [-0.1, -0.05) is 24.6 Å². The Kier molecular flexibility index (Phi) is 9.36. The van der Waals surface area contributed by atoms with E-state index in [4.69, 9.17) is 25.8 Å². The first kappa shape index (κ1) is 30.9. The molecule has 2 N–H and O–H groups in total. The predicted molar refractivity (Wildman–Crippen MR) is 163 cm³/mol. The van der Waals surface area contributed by atoms with Crippen molar-refractivity contribution in [2.75, 3.05) is 38.3 Å². The van der Waals surface area contributed by atoms with Crippen molar-refractivity contribution in [1.82, 2.24) is 9.80 Å². The van der Waals surface area contributed by atoms with Gasteiger partial charge in [0, 0.05) is 41.8 Å². The number of nitrogens with one attached hydrogen (secondary N) is 1. The summed E-state index contributed by atoms with van der Waals surface area (Å²) in [5.74, 6) is 1.71. The van der Waals surface area contributed by atoms with Crippen LogP contribution in [0.3, 0.4) is 0 Å². The van der Waals surface area contributed by atoms with Gasteiger partial charge in [0.25, 0.3) is 10.0 Å². The van der Waals surface area contributed by atoms with Crippen LogP contribution < -0.4 is 18.9 Å². The lowest BCUT2D eigenvalue weighted by Crippen LogP contribution is -2.47. The third-order valence-corrected chi connectivity index (χ3v) is 9.32. The van der Waals surface area contributed by atoms with E-state index in [1.54, 1.807) is 23.1 Å². The molecule has 2 aliphatic heterocycles. The molecule has 10 nitrogen and oxygen atoms in total. The van der Waals surface area contributed by atoms with Crippen molar-refractivity contribution in [3.8, 4) is 17.2 Å². The van der Waals surface area contributed by atoms with Crippen LogP contribution in [0.5, 0.6) is 17.2 Å². The predicted octanol–water partition coefficient (Wildman–Crippen LogP) is 4.15. The van der Waals surface area contributed by atoms with E-state index in [0.29, 0.717) is 41.7 Å². The standard InChI is InChI=1S/C31H36ClN3O7S/c1-20-15-35(21(2)18-36)31(37)14-23-13-25(33-43(38,39)26-8-5-24(32)6-9-26)7-11-27(23)42-30(20)17-34(3)16-22-4-10-28-29(12-22)41-19-40-28/h4-13,20-21,30,33,36H,14-19H2,1-3H3/t20-,21+,30+/m0/s1. The Morgan fingerprint density at radius 3 is 2.53 bits per heavy atom. The van der Waals surface area contributed by atoms with Gasteiger partial charge in [0.2, 0.25) is 12.7 Å². The molecule has 0 saturated heterocycles. The smallest absolute Gasteiger partial charge is 0.261 e. The average Bonchev–Trinajstić information content (AvgIpc) is 3.45. The molecule has 3 aromatic rings. The number of aliphatic hydroxyl groups is 1. The molecular weight excluding hydrogens is 594 g/mol. The highest BCUT2D eigenvalue weighted by Crippen LogP contribution is 2.33. The monoisotopic (exact) mass is 629 g/mol. The topological polar surface area (TPSA) is 118 Å². The Labute approximate surface area is 257 Å². The van der Waals surface area contributed by atoms with Crippen LogP contribution in [0.1, 0.15) is 25.0 Å². The van der Waals surface area contributed by atoms with Gasteiger partial charge in [-0.15, -0.1) is 0 Å². The summed E-state index contributed by atoms with van der Waals surface area (Å²) in [6.07, 6.45) is -0.323. The van der Waals surface area contributed by atoms with Crippen molar-refractivity contribution in [2.45, 2.75) is 43.9 Å². The van der Waals surface area contributed by atoms with Crippen LogP contribution in [0, 0.1) is 5.92 Å². The van der Waals surface area contributed by atoms with Gasteiger partial charge in [-0.3, -0.25) is 14.4 Å². The summed E-state index contributed by atoms with van der Waals surface area (Å²) < 4.78 is 46.2. The molecule has 0 unspecified atom stereocenters. The second-order valence-corrected chi connectivity index (χ2v) is 13.3. The normalized spacial score (nSPS) is 19.2. The summed E-state index contributed by atoms with van der Waals surface area (Å²) >= 11 is 5.92. The third-order valence-electron chi connectivity index (χ3n) is 7.67. The van der Waals surface area contributed by atoms with Gasteiger partial charge >= 0.3 is 0 Å². The summed E-state index contributed by atoms with van der Waals surface area (Å²) in [6, 6.07) is 16.3. The van der Waals surface area contributed by atoms with Crippen LogP contribution in [0.15, 0.2) is 65.6 Å². The van der Waals surface area contributed by atoms with E-state index in [0.717, 1.165) is 17.1 Å². The molecule has 0 radical (unpaired) electrons. The molecule has 2 heterocycles. The molecule has 0 aliphatic carbocycles. The summed E-state index contributed by atoms with van der Waals surface area (Å²) in [5.41, 5.74) is 1.91. The van der Waals surface area contributed by atoms with Crippen molar-refractivity contribution in [3.63, 3.8) is 0 Å². The number of hydrogen-bond acceptors (Lipinski definition) is 8. The third kappa shape index (κ3) is 7.35. The minimum absolute atomic E-state index is 0.0112. The molecule has 3 atom stereocenters. The first-order valence-corrected chi connectivity index (χ1v) is 15.9. The molecule has 1 amide bonds. The average molecular weight is 630 g/mol. The number of ether oxygens (including phenoxy) is 3. The number of hydrogen-bond donors (Lipinski definition) is 2. The van der Waals surface area contributed by atoms with Crippen LogP contribution in [0.25, 0.3) is 0 Å². The highest BCUT2D eigenvalue weighted by atomic mass is 35.5. The largest absolute Gasteiger partial charge is 0.488 e. The van der Waals surface area contributed by atoms with E-state index in [9.17, 15) is 18.3 Å². The van der Waals surface area contributed by atoms with E-state index < -0.39 is 16.1 Å². The Hall–Kier alpha value is -3.51. The maximum atomic E-state index is 13.5. The zero-order valence-electron chi connectivity index (χ0n) is 24.3. The number of sulfonamides is 1. The number of carbonyl (C=O) groups is 1. The molecule has 43 heavy (non-hydrogen) atoms. The number of halogens is 1. The van der Waals surface area contributed by atoms with Crippen molar-refractivity contribution >= 4 is 33.2 Å².